The lowest BCUT2D eigenvalue weighted by molar-refractivity contribution is -0.139. The Hall–Kier alpha value is -3.65. The number of sulfonamides is 1. The monoisotopic (exact) mass is 535 g/mol. The summed E-state index contributed by atoms with van der Waals surface area (Å²) >= 11 is 0. The summed E-state index contributed by atoms with van der Waals surface area (Å²) < 4.78 is 28.7. The fourth-order valence-corrected chi connectivity index (χ4v) is 5.41. The Balaban J connectivity index is 2.00. The lowest BCUT2D eigenvalue weighted by Gasteiger charge is -2.32. The molecule has 3 aromatic carbocycles. The molecule has 0 aliphatic carbocycles. The van der Waals surface area contributed by atoms with Crippen LogP contribution in [0.3, 0.4) is 0 Å². The second kappa shape index (κ2) is 13.2. The van der Waals surface area contributed by atoms with Crippen molar-refractivity contribution >= 4 is 27.5 Å². The van der Waals surface area contributed by atoms with E-state index in [0.717, 1.165) is 28.3 Å². The summed E-state index contributed by atoms with van der Waals surface area (Å²) in [5.74, 6) is -0.756. The molecule has 0 heterocycles. The van der Waals surface area contributed by atoms with E-state index < -0.39 is 28.5 Å². The van der Waals surface area contributed by atoms with Crippen LogP contribution in [0.2, 0.25) is 0 Å². The first-order valence-electron chi connectivity index (χ1n) is 13.0. The molecular formula is C30H37N3O4S. The summed E-state index contributed by atoms with van der Waals surface area (Å²) in [5.41, 5.74) is 2.28. The average Bonchev–Trinajstić information content (AvgIpc) is 2.95. The number of rotatable bonds is 12. The third-order valence-corrected chi connectivity index (χ3v) is 8.39. The van der Waals surface area contributed by atoms with Crippen molar-refractivity contribution in [3.63, 3.8) is 0 Å². The van der Waals surface area contributed by atoms with E-state index in [1.807, 2.05) is 63.2 Å². The average molecular weight is 536 g/mol. The van der Waals surface area contributed by atoms with E-state index in [1.54, 1.807) is 37.3 Å². The molecule has 2 amide bonds. The molecule has 1 N–H and O–H groups in total. The summed E-state index contributed by atoms with van der Waals surface area (Å²) in [6.45, 7) is 7.29. The van der Waals surface area contributed by atoms with Crippen molar-refractivity contribution in [2.75, 3.05) is 10.8 Å². The second-order valence-corrected chi connectivity index (χ2v) is 11.2. The minimum absolute atomic E-state index is 0.0503. The number of hydrogen-bond donors (Lipinski definition) is 1. The highest BCUT2D eigenvalue weighted by Gasteiger charge is 2.32. The Morgan fingerprint density at radius 3 is 1.95 bits per heavy atom. The maximum absolute atomic E-state index is 13.9. The molecule has 0 spiro atoms. The number of hydrogen-bond acceptors (Lipinski definition) is 4. The third-order valence-electron chi connectivity index (χ3n) is 6.61. The van der Waals surface area contributed by atoms with Gasteiger partial charge >= 0.3 is 0 Å². The normalized spacial score (nSPS) is 12.8. The molecule has 3 rings (SSSR count). The number of anilines is 1. The van der Waals surface area contributed by atoms with E-state index in [0.29, 0.717) is 5.69 Å². The largest absolute Gasteiger partial charge is 0.352 e. The maximum atomic E-state index is 13.9. The predicted octanol–water partition coefficient (Wildman–Crippen LogP) is 4.78. The minimum atomic E-state index is -4.06. The lowest BCUT2D eigenvalue weighted by Crippen LogP contribution is -2.52. The van der Waals surface area contributed by atoms with E-state index in [4.69, 9.17) is 0 Å². The van der Waals surface area contributed by atoms with Crippen molar-refractivity contribution in [3.05, 3.63) is 96.1 Å². The molecule has 8 heteroatoms. The number of amides is 2. The van der Waals surface area contributed by atoms with Crippen LogP contribution in [0.1, 0.15) is 45.2 Å². The first-order valence-corrected chi connectivity index (χ1v) is 14.4. The summed E-state index contributed by atoms with van der Waals surface area (Å²) in [4.78, 5) is 28.5. The van der Waals surface area contributed by atoms with E-state index in [-0.39, 0.29) is 23.4 Å². The van der Waals surface area contributed by atoms with Gasteiger partial charge in [0.15, 0.2) is 0 Å². The van der Waals surface area contributed by atoms with E-state index >= 15 is 0 Å². The van der Waals surface area contributed by atoms with Crippen molar-refractivity contribution in [3.8, 4) is 0 Å². The van der Waals surface area contributed by atoms with Gasteiger partial charge in [0.1, 0.15) is 12.6 Å². The highest BCUT2D eigenvalue weighted by molar-refractivity contribution is 7.92. The van der Waals surface area contributed by atoms with Gasteiger partial charge in [-0.1, -0.05) is 74.5 Å². The highest BCUT2D eigenvalue weighted by atomic mass is 32.2. The van der Waals surface area contributed by atoms with Crippen molar-refractivity contribution < 1.29 is 18.0 Å². The molecule has 0 saturated carbocycles. The van der Waals surface area contributed by atoms with Crippen LogP contribution in [0.5, 0.6) is 0 Å². The molecule has 3 aromatic rings. The zero-order valence-electron chi connectivity index (χ0n) is 22.5. The Kier molecular flexibility index (Phi) is 10.1. The zero-order valence-corrected chi connectivity index (χ0v) is 23.3. The van der Waals surface area contributed by atoms with Crippen LogP contribution in [-0.4, -0.2) is 43.8 Å². The van der Waals surface area contributed by atoms with Crippen LogP contribution in [0, 0.1) is 0 Å². The Bertz CT molecular complexity index is 1300. The van der Waals surface area contributed by atoms with Crippen LogP contribution in [0.4, 0.5) is 5.69 Å². The first kappa shape index (κ1) is 28.9. The van der Waals surface area contributed by atoms with Crippen LogP contribution in [0.15, 0.2) is 89.8 Å². The van der Waals surface area contributed by atoms with Gasteiger partial charge in [-0.15, -0.1) is 0 Å². The van der Waals surface area contributed by atoms with Gasteiger partial charge in [-0.25, -0.2) is 8.42 Å². The van der Waals surface area contributed by atoms with E-state index in [2.05, 4.69) is 5.32 Å². The van der Waals surface area contributed by atoms with Gasteiger partial charge in [0.05, 0.1) is 10.6 Å². The molecule has 2 atom stereocenters. The number of carbonyl (C=O) groups excluding carboxylic acids is 2. The van der Waals surface area contributed by atoms with Crippen molar-refractivity contribution in [2.24, 2.45) is 0 Å². The van der Waals surface area contributed by atoms with Crippen LogP contribution >= 0.6 is 0 Å². The standard InChI is InChI=1S/C30H37N3O4S/c1-5-23(3)31-30(35)24(4)32(21-26-13-9-7-10-14-26)29(34)22-33(27-19-17-25(6-2)18-20-27)38(36,37)28-15-11-8-12-16-28/h7-20,23-24H,5-6,21-22H2,1-4H3,(H,31,35)/t23-,24-/m0/s1. The second-order valence-electron chi connectivity index (χ2n) is 9.35. The van der Waals surface area contributed by atoms with Gasteiger partial charge in [-0.2, -0.15) is 0 Å². The van der Waals surface area contributed by atoms with Crippen LogP contribution < -0.4 is 9.62 Å². The Morgan fingerprint density at radius 1 is 0.816 bits per heavy atom. The quantitative estimate of drug-likeness (QED) is 0.362. The van der Waals surface area contributed by atoms with Gasteiger partial charge in [0.25, 0.3) is 10.0 Å². The van der Waals surface area contributed by atoms with E-state index in [9.17, 15) is 18.0 Å². The van der Waals surface area contributed by atoms with Gasteiger partial charge in [0.2, 0.25) is 11.8 Å². The van der Waals surface area contributed by atoms with Gasteiger partial charge in [0, 0.05) is 12.6 Å². The number of nitrogens with zero attached hydrogens (tertiary/aromatic N) is 2. The van der Waals surface area contributed by atoms with Crippen molar-refractivity contribution in [2.45, 2.75) is 64.1 Å². The molecule has 7 nitrogen and oxygen atoms in total. The van der Waals surface area contributed by atoms with E-state index in [1.165, 1.54) is 17.0 Å². The fourth-order valence-electron chi connectivity index (χ4n) is 3.97. The zero-order chi connectivity index (χ0) is 27.7. The molecule has 0 fully saturated rings. The lowest BCUT2D eigenvalue weighted by atomic mass is 10.1. The SMILES string of the molecule is CCc1ccc(N(CC(=O)N(Cc2ccccc2)[C@@H](C)C(=O)N[C@@H](C)CC)S(=O)(=O)c2ccccc2)cc1. The molecule has 0 bridgehead atoms. The van der Waals surface area contributed by atoms with Gasteiger partial charge < -0.3 is 10.2 Å². The number of nitrogens with one attached hydrogen (secondary N) is 1. The summed E-state index contributed by atoms with van der Waals surface area (Å²) in [6, 6.07) is 23.7. The van der Waals surface area contributed by atoms with Gasteiger partial charge in [-0.3, -0.25) is 13.9 Å². The molecule has 0 saturated heterocycles. The Labute approximate surface area is 226 Å². The van der Waals surface area contributed by atoms with Gasteiger partial charge in [-0.05, 0) is 62.1 Å². The molecule has 0 aliphatic heterocycles. The summed E-state index contributed by atoms with van der Waals surface area (Å²) in [7, 11) is -4.06. The number of aryl methyl sites for hydroxylation is 1. The Morgan fingerprint density at radius 2 is 1.39 bits per heavy atom. The van der Waals surface area contributed by atoms with Crippen LogP contribution in [0.25, 0.3) is 0 Å². The molecule has 0 unspecified atom stereocenters. The summed E-state index contributed by atoms with van der Waals surface area (Å²) in [6.07, 6.45) is 1.56. The van der Waals surface area contributed by atoms with Crippen molar-refractivity contribution in [1.82, 2.24) is 10.2 Å². The maximum Gasteiger partial charge on any atom is 0.264 e. The van der Waals surface area contributed by atoms with Crippen LogP contribution in [-0.2, 0) is 32.6 Å². The van der Waals surface area contributed by atoms with Crippen molar-refractivity contribution in [1.29, 1.82) is 0 Å². The summed E-state index contributed by atoms with van der Waals surface area (Å²) in [5, 5.41) is 2.94. The minimum Gasteiger partial charge on any atom is -0.352 e. The molecule has 0 aromatic heterocycles. The topological polar surface area (TPSA) is 86.8 Å². The third kappa shape index (κ3) is 7.22. The molecule has 0 aliphatic rings. The highest BCUT2D eigenvalue weighted by Crippen LogP contribution is 2.25. The molecule has 38 heavy (non-hydrogen) atoms. The first-order chi connectivity index (χ1) is 18.2. The smallest absolute Gasteiger partial charge is 0.264 e. The predicted molar refractivity (Wildman–Crippen MR) is 151 cm³/mol. The molecule has 0 radical (unpaired) electrons. The fraction of sp³-hybridized carbons (Fsp3) is 0.333. The number of benzene rings is 3. The molecule has 202 valence electrons. The molecular weight excluding hydrogens is 498 g/mol. The number of carbonyl (C=O) groups is 2.